The Morgan fingerprint density at radius 3 is 2.72 bits per heavy atom. The van der Waals surface area contributed by atoms with Gasteiger partial charge in [-0.2, -0.15) is 13.2 Å². The number of aliphatic hydroxyl groups excluding tert-OH is 1. The lowest BCUT2D eigenvalue weighted by Crippen LogP contribution is -2.45. The number of halogens is 3. The number of carbonyl (C=O) groups excluding carboxylic acids is 2. The van der Waals surface area contributed by atoms with Gasteiger partial charge in [-0.25, -0.2) is 4.79 Å². The van der Waals surface area contributed by atoms with Crippen LogP contribution in [0.25, 0.3) is 5.57 Å². The highest BCUT2D eigenvalue weighted by molar-refractivity contribution is 6.05. The number of rotatable bonds is 4. The van der Waals surface area contributed by atoms with Crippen LogP contribution in [0.3, 0.4) is 0 Å². The minimum atomic E-state index is -4.49. The molecular weight excluding hydrogens is 475 g/mol. The zero-order chi connectivity index (χ0) is 25.7. The van der Waals surface area contributed by atoms with Gasteiger partial charge in [-0.3, -0.25) is 4.79 Å². The van der Waals surface area contributed by atoms with E-state index in [1.807, 2.05) is 0 Å². The first-order chi connectivity index (χ1) is 17.0. The second-order valence-electron chi connectivity index (χ2n) is 9.71. The molecule has 10 heteroatoms. The molecule has 3 amide bonds. The van der Waals surface area contributed by atoms with Crippen LogP contribution < -0.4 is 15.4 Å². The first-order valence-electron chi connectivity index (χ1n) is 11.8. The summed E-state index contributed by atoms with van der Waals surface area (Å²) >= 11 is 0. The fourth-order valence-corrected chi connectivity index (χ4v) is 4.92. The Kier molecular flexibility index (Phi) is 5.94. The summed E-state index contributed by atoms with van der Waals surface area (Å²) in [6, 6.07) is 8.19. The van der Waals surface area contributed by atoms with E-state index in [1.165, 1.54) is 17.0 Å². The summed E-state index contributed by atoms with van der Waals surface area (Å²) in [4.78, 5) is 26.7. The molecule has 0 bridgehead atoms. The van der Waals surface area contributed by atoms with Crippen molar-refractivity contribution in [1.82, 2.24) is 4.90 Å². The van der Waals surface area contributed by atoms with Crippen LogP contribution in [0.5, 0.6) is 5.75 Å². The van der Waals surface area contributed by atoms with E-state index in [2.05, 4.69) is 10.6 Å². The van der Waals surface area contributed by atoms with Gasteiger partial charge >= 0.3 is 12.2 Å². The number of hydrogen-bond acceptors (Lipinski definition) is 4. The number of carbonyl (C=O) groups is 2. The van der Waals surface area contributed by atoms with E-state index in [-0.39, 0.29) is 18.3 Å². The molecule has 0 radical (unpaired) electrons. The lowest BCUT2D eigenvalue weighted by atomic mass is 9.72. The molecule has 0 saturated heterocycles. The number of hydrogen-bond donors (Lipinski definition) is 3. The third kappa shape index (κ3) is 4.77. The molecule has 0 aromatic heterocycles. The number of ether oxygens (including phenoxy) is 1. The van der Waals surface area contributed by atoms with Crippen LogP contribution >= 0.6 is 0 Å². The highest BCUT2D eigenvalue weighted by Gasteiger charge is 2.44. The fraction of sp³-hybridized carbons (Fsp3) is 0.385. The molecule has 1 aliphatic carbocycles. The van der Waals surface area contributed by atoms with Gasteiger partial charge in [0.25, 0.3) is 0 Å². The van der Waals surface area contributed by atoms with Crippen molar-refractivity contribution in [3.63, 3.8) is 0 Å². The van der Waals surface area contributed by atoms with E-state index >= 15 is 0 Å². The van der Waals surface area contributed by atoms with Crippen LogP contribution in [0.15, 0.2) is 42.5 Å². The first-order valence-corrected chi connectivity index (χ1v) is 11.8. The Labute approximate surface area is 205 Å². The lowest BCUT2D eigenvalue weighted by molar-refractivity contribution is -0.138. The maximum absolute atomic E-state index is 13.2. The minimum absolute atomic E-state index is 0.146. The monoisotopic (exact) mass is 501 g/mol. The summed E-state index contributed by atoms with van der Waals surface area (Å²) in [5, 5.41) is 15.1. The summed E-state index contributed by atoms with van der Waals surface area (Å²) in [5.74, 6) is -0.280. The largest absolute Gasteiger partial charge is 0.486 e. The number of nitrogens with zero attached hydrogens (tertiary/aromatic N) is 1. The molecule has 1 atom stereocenters. The molecule has 36 heavy (non-hydrogen) atoms. The summed E-state index contributed by atoms with van der Waals surface area (Å²) in [5.41, 5.74) is 1.63. The number of anilines is 2. The van der Waals surface area contributed by atoms with Crippen LogP contribution in [0.1, 0.15) is 49.3 Å². The number of fused-ring (bicyclic) bond motifs is 2. The Morgan fingerprint density at radius 1 is 1.28 bits per heavy atom. The van der Waals surface area contributed by atoms with Gasteiger partial charge in [0.2, 0.25) is 5.91 Å². The van der Waals surface area contributed by atoms with E-state index in [0.717, 1.165) is 37.0 Å². The molecule has 1 saturated carbocycles. The SMILES string of the molecule is C[C@H](O)CN1Cc2ccc(NC(=O)/C=C3\CC4(CCC4)Oc4cc(C(F)(F)F)ccc43)cc2NC1=O. The molecule has 0 unspecified atom stereocenters. The highest BCUT2D eigenvalue weighted by Crippen LogP contribution is 2.50. The average molecular weight is 502 g/mol. The number of urea groups is 1. The van der Waals surface area contributed by atoms with Gasteiger partial charge in [-0.15, -0.1) is 0 Å². The molecule has 190 valence electrons. The van der Waals surface area contributed by atoms with Crippen LogP contribution in [0.2, 0.25) is 0 Å². The van der Waals surface area contributed by atoms with Gasteiger partial charge in [-0.05, 0) is 61.6 Å². The Hall–Kier alpha value is -3.53. The normalized spacial score (nSPS) is 20.1. The van der Waals surface area contributed by atoms with Crippen LogP contribution in [-0.4, -0.2) is 40.2 Å². The van der Waals surface area contributed by atoms with Crippen molar-refractivity contribution in [3.8, 4) is 5.75 Å². The maximum Gasteiger partial charge on any atom is 0.416 e. The van der Waals surface area contributed by atoms with E-state index in [1.54, 1.807) is 25.1 Å². The predicted octanol–water partition coefficient (Wildman–Crippen LogP) is 5.16. The number of aliphatic hydroxyl groups is 1. The Bertz CT molecular complexity index is 1250. The summed E-state index contributed by atoms with van der Waals surface area (Å²) in [7, 11) is 0. The van der Waals surface area contributed by atoms with Gasteiger partial charge in [0.1, 0.15) is 11.4 Å². The van der Waals surface area contributed by atoms with Crippen molar-refractivity contribution in [2.45, 2.75) is 57.0 Å². The average Bonchev–Trinajstić information content (AvgIpc) is 2.77. The molecule has 1 spiro atoms. The number of amides is 3. The molecule has 1 fully saturated rings. The number of benzene rings is 2. The molecule has 2 aliphatic heterocycles. The molecule has 2 aromatic carbocycles. The third-order valence-electron chi connectivity index (χ3n) is 6.82. The zero-order valence-corrected chi connectivity index (χ0v) is 19.6. The molecular formula is C26H26F3N3O4. The van der Waals surface area contributed by atoms with Crippen molar-refractivity contribution >= 4 is 28.9 Å². The molecule has 3 N–H and O–H groups in total. The van der Waals surface area contributed by atoms with Gasteiger partial charge in [0.15, 0.2) is 0 Å². The van der Waals surface area contributed by atoms with Crippen molar-refractivity contribution in [1.29, 1.82) is 0 Å². The van der Waals surface area contributed by atoms with E-state index in [4.69, 9.17) is 4.74 Å². The topological polar surface area (TPSA) is 90.9 Å². The molecule has 2 aromatic rings. The van der Waals surface area contributed by atoms with Gasteiger partial charge in [0, 0.05) is 42.5 Å². The van der Waals surface area contributed by atoms with E-state index < -0.39 is 29.4 Å². The number of β-amino-alcohol motifs (C(OH)–C–C–N with tert-alkyl or cyclic N) is 1. The van der Waals surface area contributed by atoms with Crippen LogP contribution in [0.4, 0.5) is 29.3 Å². The standard InChI is InChI=1S/C26H26F3N3O4/c1-15(33)13-32-14-16-3-5-19(11-21(16)31-24(32)35)30-23(34)9-17-12-25(7-2-8-25)36-22-10-18(26(27,28)29)4-6-20(17)22/h3-6,9-11,15,33H,2,7-8,12-14H2,1H3,(H,30,34)(H,31,35)/b17-9+/t15-/m0/s1. The van der Waals surface area contributed by atoms with E-state index in [0.29, 0.717) is 35.5 Å². The second-order valence-corrected chi connectivity index (χ2v) is 9.71. The summed E-state index contributed by atoms with van der Waals surface area (Å²) < 4.78 is 45.7. The van der Waals surface area contributed by atoms with Crippen molar-refractivity contribution < 1.29 is 32.6 Å². The third-order valence-corrected chi connectivity index (χ3v) is 6.82. The van der Waals surface area contributed by atoms with Gasteiger partial charge in [0.05, 0.1) is 11.7 Å². The van der Waals surface area contributed by atoms with Crippen molar-refractivity contribution in [3.05, 3.63) is 59.2 Å². The Balaban J connectivity index is 1.36. The smallest absolute Gasteiger partial charge is 0.416 e. The molecule has 5 rings (SSSR count). The Morgan fingerprint density at radius 2 is 2.06 bits per heavy atom. The van der Waals surface area contributed by atoms with Crippen LogP contribution in [0, 0.1) is 0 Å². The van der Waals surface area contributed by atoms with Crippen molar-refractivity contribution in [2.75, 3.05) is 17.2 Å². The van der Waals surface area contributed by atoms with Gasteiger partial charge in [-0.1, -0.05) is 12.1 Å². The maximum atomic E-state index is 13.2. The van der Waals surface area contributed by atoms with Crippen molar-refractivity contribution in [2.24, 2.45) is 0 Å². The van der Waals surface area contributed by atoms with Gasteiger partial charge < -0.3 is 25.4 Å². The number of alkyl halides is 3. The summed E-state index contributed by atoms with van der Waals surface area (Å²) in [6.07, 6.45) is -0.924. The lowest BCUT2D eigenvalue weighted by Gasteiger charge is -2.46. The fourth-order valence-electron chi connectivity index (χ4n) is 4.92. The molecule has 2 heterocycles. The predicted molar refractivity (Wildman–Crippen MR) is 127 cm³/mol. The van der Waals surface area contributed by atoms with Crippen LogP contribution in [-0.2, 0) is 17.5 Å². The molecule has 3 aliphatic rings. The summed E-state index contributed by atoms with van der Waals surface area (Å²) in [6.45, 7) is 2.15. The quantitative estimate of drug-likeness (QED) is 0.505. The van der Waals surface area contributed by atoms with E-state index in [9.17, 15) is 27.9 Å². The molecule has 7 nitrogen and oxygen atoms in total. The highest BCUT2D eigenvalue weighted by atomic mass is 19.4. The first kappa shape index (κ1) is 24.2. The number of nitrogens with one attached hydrogen (secondary N) is 2. The minimum Gasteiger partial charge on any atom is -0.486 e. The zero-order valence-electron chi connectivity index (χ0n) is 19.6. The second kappa shape index (κ2) is 8.85.